The molecule has 0 aliphatic rings. The molecule has 0 spiro atoms. The van der Waals surface area contributed by atoms with E-state index >= 15 is 0 Å². The third-order valence-electron chi connectivity index (χ3n) is 3.87. The van der Waals surface area contributed by atoms with Gasteiger partial charge in [0.15, 0.2) is 17.0 Å². The van der Waals surface area contributed by atoms with Crippen LogP contribution in [0.3, 0.4) is 0 Å². The van der Waals surface area contributed by atoms with Gasteiger partial charge in [-0.1, -0.05) is 0 Å². The number of imidazole rings is 1. The van der Waals surface area contributed by atoms with E-state index in [9.17, 15) is 5.11 Å². The first-order valence-corrected chi connectivity index (χ1v) is 8.26. The molecule has 2 aromatic heterocycles. The van der Waals surface area contributed by atoms with Gasteiger partial charge in [-0.2, -0.15) is 9.97 Å². The van der Waals surface area contributed by atoms with Crippen molar-refractivity contribution in [3.05, 3.63) is 30.1 Å². The van der Waals surface area contributed by atoms with Crippen molar-refractivity contribution in [2.45, 2.75) is 19.5 Å². The van der Waals surface area contributed by atoms with Crippen molar-refractivity contribution < 1.29 is 9.84 Å². The van der Waals surface area contributed by atoms with Gasteiger partial charge in [0.25, 0.3) is 0 Å². The molecule has 26 heavy (non-hydrogen) atoms. The van der Waals surface area contributed by atoms with E-state index in [4.69, 9.17) is 10.5 Å². The molecule has 9 heteroatoms. The summed E-state index contributed by atoms with van der Waals surface area (Å²) < 4.78 is 7.03. The summed E-state index contributed by atoms with van der Waals surface area (Å²) in [4.78, 5) is 13.3. The van der Waals surface area contributed by atoms with Crippen LogP contribution in [0.1, 0.15) is 12.5 Å². The van der Waals surface area contributed by atoms with Gasteiger partial charge in [-0.3, -0.25) is 0 Å². The minimum absolute atomic E-state index is 0.0222. The molecule has 0 fully saturated rings. The van der Waals surface area contributed by atoms with Gasteiger partial charge >= 0.3 is 0 Å². The van der Waals surface area contributed by atoms with E-state index in [1.165, 1.54) is 0 Å². The number of nitrogens with two attached hydrogens (primary N) is 1. The SMILES string of the molecule is COc1ccc(O)c(CNc2nc(NCC(C)N)nc3c2ncn3C)c1. The van der Waals surface area contributed by atoms with E-state index in [2.05, 4.69) is 25.6 Å². The van der Waals surface area contributed by atoms with Crippen molar-refractivity contribution >= 4 is 22.9 Å². The molecule has 3 rings (SSSR count). The van der Waals surface area contributed by atoms with E-state index < -0.39 is 0 Å². The third kappa shape index (κ3) is 3.77. The monoisotopic (exact) mass is 357 g/mol. The molecule has 1 aromatic carbocycles. The fourth-order valence-corrected chi connectivity index (χ4v) is 2.47. The van der Waals surface area contributed by atoms with Gasteiger partial charge < -0.3 is 30.8 Å². The van der Waals surface area contributed by atoms with Crippen LogP contribution in [0, 0.1) is 0 Å². The Hall–Kier alpha value is -3.07. The predicted molar refractivity (Wildman–Crippen MR) is 100 cm³/mol. The number of anilines is 2. The van der Waals surface area contributed by atoms with Crippen molar-refractivity contribution in [1.29, 1.82) is 0 Å². The van der Waals surface area contributed by atoms with E-state index in [-0.39, 0.29) is 11.8 Å². The second kappa shape index (κ2) is 7.44. The van der Waals surface area contributed by atoms with E-state index in [1.807, 2.05) is 18.5 Å². The Kier molecular flexibility index (Phi) is 5.08. The Morgan fingerprint density at radius 3 is 2.85 bits per heavy atom. The lowest BCUT2D eigenvalue weighted by molar-refractivity contribution is 0.411. The summed E-state index contributed by atoms with van der Waals surface area (Å²) in [6.07, 6.45) is 1.68. The summed E-state index contributed by atoms with van der Waals surface area (Å²) in [7, 11) is 3.46. The van der Waals surface area contributed by atoms with Crippen molar-refractivity contribution in [2.75, 3.05) is 24.3 Å². The van der Waals surface area contributed by atoms with Crippen LogP contribution in [0.2, 0.25) is 0 Å². The summed E-state index contributed by atoms with van der Waals surface area (Å²) in [5, 5.41) is 16.4. The second-order valence-electron chi connectivity index (χ2n) is 6.13. The molecule has 0 amide bonds. The quantitative estimate of drug-likeness (QED) is 0.501. The predicted octanol–water partition coefficient (Wildman–Crippen LogP) is 1.45. The fraction of sp³-hybridized carbons (Fsp3) is 0.353. The van der Waals surface area contributed by atoms with Crippen molar-refractivity contribution in [3.63, 3.8) is 0 Å². The molecule has 3 aromatic rings. The summed E-state index contributed by atoms with van der Waals surface area (Å²) in [6.45, 7) is 2.82. The fourth-order valence-electron chi connectivity index (χ4n) is 2.47. The van der Waals surface area contributed by atoms with Crippen LogP contribution in [0.4, 0.5) is 11.8 Å². The van der Waals surface area contributed by atoms with Gasteiger partial charge in [-0.05, 0) is 25.1 Å². The zero-order valence-electron chi connectivity index (χ0n) is 15.0. The molecule has 5 N–H and O–H groups in total. The lowest BCUT2D eigenvalue weighted by atomic mass is 10.2. The van der Waals surface area contributed by atoms with E-state index in [1.54, 1.807) is 31.6 Å². The summed E-state index contributed by atoms with van der Waals surface area (Å²) in [5.74, 6) is 1.89. The van der Waals surface area contributed by atoms with Crippen LogP contribution < -0.4 is 21.1 Å². The van der Waals surface area contributed by atoms with Crippen LogP contribution >= 0.6 is 0 Å². The zero-order valence-corrected chi connectivity index (χ0v) is 15.0. The maximum atomic E-state index is 10.1. The molecular weight excluding hydrogens is 334 g/mol. The summed E-state index contributed by atoms with van der Waals surface area (Å²) in [5.41, 5.74) is 7.83. The number of aryl methyl sites for hydroxylation is 1. The largest absolute Gasteiger partial charge is 0.508 e. The lowest BCUT2D eigenvalue weighted by Gasteiger charge is -2.12. The maximum Gasteiger partial charge on any atom is 0.226 e. The molecule has 0 bridgehead atoms. The number of methoxy groups -OCH3 is 1. The summed E-state index contributed by atoms with van der Waals surface area (Å²) in [6, 6.07) is 5.05. The highest BCUT2D eigenvalue weighted by molar-refractivity contribution is 5.84. The molecule has 138 valence electrons. The highest BCUT2D eigenvalue weighted by atomic mass is 16.5. The van der Waals surface area contributed by atoms with Crippen LogP contribution in [0.5, 0.6) is 11.5 Å². The number of nitrogens with one attached hydrogen (secondary N) is 2. The standard InChI is InChI=1S/C17H23N7O2/c1-10(18)7-20-17-22-15(14-16(23-17)24(2)9-21-14)19-8-11-6-12(26-3)4-5-13(11)25/h4-6,9-10,25H,7-8,18H2,1-3H3,(H2,19,20,22,23). The number of phenols is 1. The van der Waals surface area contributed by atoms with Crippen molar-refractivity contribution in [3.8, 4) is 11.5 Å². The average Bonchev–Trinajstić information content (AvgIpc) is 3.00. The number of hydrogen-bond donors (Lipinski definition) is 4. The van der Waals surface area contributed by atoms with Crippen molar-refractivity contribution in [2.24, 2.45) is 12.8 Å². The molecule has 0 aliphatic heterocycles. The first-order valence-electron chi connectivity index (χ1n) is 8.26. The average molecular weight is 357 g/mol. The van der Waals surface area contributed by atoms with Gasteiger partial charge in [-0.15, -0.1) is 0 Å². The van der Waals surface area contributed by atoms with Gasteiger partial charge in [-0.25, -0.2) is 4.98 Å². The Morgan fingerprint density at radius 2 is 2.12 bits per heavy atom. The number of rotatable bonds is 7. The number of aromatic hydroxyl groups is 1. The molecular formula is C17H23N7O2. The van der Waals surface area contributed by atoms with Crippen LogP contribution in [-0.4, -0.2) is 44.3 Å². The number of aromatic nitrogens is 4. The molecule has 9 nitrogen and oxygen atoms in total. The minimum Gasteiger partial charge on any atom is -0.508 e. The minimum atomic E-state index is -0.0222. The second-order valence-corrected chi connectivity index (χ2v) is 6.13. The Bertz CT molecular complexity index is 908. The highest BCUT2D eigenvalue weighted by Gasteiger charge is 2.13. The van der Waals surface area contributed by atoms with Crippen molar-refractivity contribution in [1.82, 2.24) is 19.5 Å². The van der Waals surface area contributed by atoms with Gasteiger partial charge in [0, 0.05) is 31.7 Å². The lowest BCUT2D eigenvalue weighted by Crippen LogP contribution is -2.26. The van der Waals surface area contributed by atoms with Gasteiger partial charge in [0.1, 0.15) is 11.5 Å². The number of benzene rings is 1. The normalized spacial score (nSPS) is 12.2. The van der Waals surface area contributed by atoms with E-state index in [0.29, 0.717) is 47.3 Å². The number of nitrogens with zero attached hydrogens (tertiary/aromatic N) is 4. The molecule has 0 aliphatic carbocycles. The highest BCUT2D eigenvalue weighted by Crippen LogP contribution is 2.25. The number of fused-ring (bicyclic) bond motifs is 1. The van der Waals surface area contributed by atoms with E-state index in [0.717, 1.165) is 0 Å². The van der Waals surface area contributed by atoms with Crippen LogP contribution in [0.15, 0.2) is 24.5 Å². The smallest absolute Gasteiger partial charge is 0.226 e. The molecule has 2 heterocycles. The van der Waals surface area contributed by atoms with Gasteiger partial charge in [0.05, 0.1) is 13.4 Å². The van der Waals surface area contributed by atoms with Crippen LogP contribution in [-0.2, 0) is 13.6 Å². The molecule has 0 radical (unpaired) electrons. The number of hydrogen-bond acceptors (Lipinski definition) is 8. The Balaban J connectivity index is 1.88. The topological polar surface area (TPSA) is 123 Å². The number of ether oxygens (including phenoxy) is 1. The number of phenolic OH excluding ortho intramolecular Hbond substituents is 1. The molecule has 0 saturated carbocycles. The molecule has 1 atom stereocenters. The van der Waals surface area contributed by atoms with Crippen LogP contribution in [0.25, 0.3) is 11.2 Å². The maximum absolute atomic E-state index is 10.1. The first-order chi connectivity index (χ1) is 12.5. The molecule has 1 unspecified atom stereocenters. The Labute approximate surface area is 151 Å². The summed E-state index contributed by atoms with van der Waals surface area (Å²) >= 11 is 0. The molecule has 0 saturated heterocycles. The Morgan fingerprint density at radius 1 is 1.31 bits per heavy atom. The zero-order chi connectivity index (χ0) is 18.7. The van der Waals surface area contributed by atoms with Gasteiger partial charge in [0.2, 0.25) is 5.95 Å². The first kappa shape index (κ1) is 17.7. The third-order valence-corrected chi connectivity index (χ3v) is 3.87.